The first-order valence-corrected chi connectivity index (χ1v) is 4.39. The van der Waals surface area contributed by atoms with Gasteiger partial charge in [0.05, 0.1) is 18.6 Å². The van der Waals surface area contributed by atoms with Crippen LogP contribution in [0.25, 0.3) is 0 Å². The zero-order chi connectivity index (χ0) is 10.7. The molecule has 0 radical (unpaired) electrons. The van der Waals surface area contributed by atoms with E-state index in [1.807, 2.05) is 0 Å². The van der Waals surface area contributed by atoms with E-state index in [-0.39, 0.29) is 13.2 Å². The molecule has 2 atom stereocenters. The maximum atomic E-state index is 10.7. The summed E-state index contributed by atoms with van der Waals surface area (Å²) in [4.78, 5) is 22.4. The van der Waals surface area contributed by atoms with Crippen LogP contribution in [0.4, 0.5) is 4.79 Å². The highest BCUT2D eigenvalue weighted by atomic mass is 16.4. The van der Waals surface area contributed by atoms with E-state index in [0.717, 1.165) is 4.90 Å². The number of piperidine rings is 1. The van der Waals surface area contributed by atoms with Crippen LogP contribution >= 0.6 is 0 Å². The molecule has 0 saturated carbocycles. The fraction of sp³-hybridized carbons (Fsp3) is 0.750. The molecule has 1 saturated heterocycles. The number of amides is 1. The lowest BCUT2D eigenvalue weighted by Crippen LogP contribution is -2.49. The molecule has 3 N–H and O–H groups in total. The van der Waals surface area contributed by atoms with E-state index in [4.69, 9.17) is 15.3 Å². The van der Waals surface area contributed by atoms with Crippen LogP contribution in [-0.4, -0.2) is 51.5 Å². The van der Waals surface area contributed by atoms with E-state index < -0.39 is 24.0 Å². The predicted octanol–water partition coefficient (Wildman–Crippen LogP) is -0.178. The van der Waals surface area contributed by atoms with Gasteiger partial charge in [0.2, 0.25) is 0 Å². The third-order valence-electron chi connectivity index (χ3n) is 2.51. The lowest BCUT2D eigenvalue weighted by molar-refractivity contribution is -0.144. The van der Waals surface area contributed by atoms with Crippen molar-refractivity contribution in [2.75, 3.05) is 13.2 Å². The molecule has 0 aromatic carbocycles. The minimum absolute atomic E-state index is 0.0319. The quantitative estimate of drug-likeness (QED) is 0.578. The number of aliphatic hydroxyl groups excluding tert-OH is 1. The van der Waals surface area contributed by atoms with Gasteiger partial charge in [-0.3, -0.25) is 4.79 Å². The van der Waals surface area contributed by atoms with Crippen molar-refractivity contribution in [3.8, 4) is 0 Å². The standard InChI is InChI=1S/C8H13NO5/c10-4-6-2-1-5(7(11)12)3-9(6)8(13)14/h5-6,10H,1-4H2,(H,11,12)(H,13,14)/t5-,6+/m1/s1. The Morgan fingerprint density at radius 2 is 1.93 bits per heavy atom. The average molecular weight is 203 g/mol. The summed E-state index contributed by atoms with van der Waals surface area (Å²) in [7, 11) is 0. The van der Waals surface area contributed by atoms with Gasteiger partial charge in [-0.15, -0.1) is 0 Å². The molecule has 80 valence electrons. The van der Waals surface area contributed by atoms with Gasteiger partial charge in [0.25, 0.3) is 0 Å². The van der Waals surface area contributed by atoms with Crippen LogP contribution in [0.15, 0.2) is 0 Å². The summed E-state index contributed by atoms with van der Waals surface area (Å²) in [6.45, 7) is -0.283. The fourth-order valence-corrected chi connectivity index (χ4v) is 1.65. The molecule has 14 heavy (non-hydrogen) atoms. The van der Waals surface area contributed by atoms with Crippen molar-refractivity contribution >= 4 is 12.1 Å². The lowest BCUT2D eigenvalue weighted by atomic mass is 9.93. The van der Waals surface area contributed by atoms with Gasteiger partial charge >= 0.3 is 12.1 Å². The number of rotatable bonds is 2. The van der Waals surface area contributed by atoms with Crippen molar-refractivity contribution in [1.29, 1.82) is 0 Å². The van der Waals surface area contributed by atoms with Gasteiger partial charge in [-0.05, 0) is 12.8 Å². The van der Waals surface area contributed by atoms with Crippen LogP contribution in [0.1, 0.15) is 12.8 Å². The van der Waals surface area contributed by atoms with Crippen LogP contribution < -0.4 is 0 Å². The number of likely N-dealkylation sites (tertiary alicyclic amines) is 1. The summed E-state index contributed by atoms with van der Waals surface area (Å²) in [6.07, 6.45) is -0.348. The molecule has 1 aliphatic heterocycles. The third-order valence-corrected chi connectivity index (χ3v) is 2.51. The monoisotopic (exact) mass is 203 g/mol. The molecule has 0 bridgehead atoms. The predicted molar refractivity (Wildman–Crippen MR) is 46.0 cm³/mol. The number of hydrogen-bond acceptors (Lipinski definition) is 3. The molecule has 1 amide bonds. The Labute approximate surface area is 80.8 Å². The van der Waals surface area contributed by atoms with E-state index in [1.54, 1.807) is 0 Å². The first kappa shape index (κ1) is 10.8. The number of hydrogen-bond donors (Lipinski definition) is 3. The second-order valence-corrected chi connectivity index (χ2v) is 3.38. The number of carbonyl (C=O) groups is 2. The number of aliphatic hydroxyl groups is 1. The molecule has 0 aromatic heterocycles. The van der Waals surface area contributed by atoms with Gasteiger partial charge in [0, 0.05) is 6.54 Å². The van der Waals surface area contributed by atoms with Crippen molar-refractivity contribution in [2.45, 2.75) is 18.9 Å². The fourth-order valence-electron chi connectivity index (χ4n) is 1.65. The highest BCUT2D eigenvalue weighted by molar-refractivity contribution is 5.72. The first-order chi connectivity index (χ1) is 6.56. The summed E-state index contributed by atoms with van der Waals surface area (Å²) >= 11 is 0. The average Bonchev–Trinajstić information content (AvgIpc) is 2.16. The van der Waals surface area contributed by atoms with Crippen molar-refractivity contribution < 1.29 is 24.9 Å². The summed E-state index contributed by atoms with van der Waals surface area (Å²) in [5.41, 5.74) is 0. The molecule has 1 fully saturated rings. The molecule has 1 rings (SSSR count). The maximum absolute atomic E-state index is 10.7. The minimum atomic E-state index is -1.17. The lowest BCUT2D eigenvalue weighted by Gasteiger charge is -2.35. The SMILES string of the molecule is O=C(O)[C@@H]1CC[C@@H](CO)N(C(=O)O)C1. The molecule has 6 nitrogen and oxygen atoms in total. The summed E-state index contributed by atoms with van der Waals surface area (Å²) in [5, 5.41) is 26.4. The molecular formula is C8H13NO5. The molecule has 0 spiro atoms. The summed E-state index contributed by atoms with van der Waals surface area (Å²) < 4.78 is 0. The van der Waals surface area contributed by atoms with E-state index in [0.29, 0.717) is 12.8 Å². The highest BCUT2D eigenvalue weighted by Crippen LogP contribution is 2.21. The maximum Gasteiger partial charge on any atom is 0.407 e. The zero-order valence-electron chi connectivity index (χ0n) is 7.59. The van der Waals surface area contributed by atoms with Crippen LogP contribution in [0.5, 0.6) is 0 Å². The van der Waals surface area contributed by atoms with Crippen LogP contribution in [0.3, 0.4) is 0 Å². The van der Waals surface area contributed by atoms with Gasteiger partial charge in [0.15, 0.2) is 0 Å². The molecular weight excluding hydrogens is 190 g/mol. The molecule has 0 aromatic rings. The smallest absolute Gasteiger partial charge is 0.407 e. The molecule has 0 aliphatic carbocycles. The highest BCUT2D eigenvalue weighted by Gasteiger charge is 2.34. The van der Waals surface area contributed by atoms with E-state index in [1.165, 1.54) is 0 Å². The van der Waals surface area contributed by atoms with Crippen molar-refractivity contribution in [3.63, 3.8) is 0 Å². The van der Waals surface area contributed by atoms with E-state index in [9.17, 15) is 9.59 Å². The van der Waals surface area contributed by atoms with Crippen LogP contribution in [0.2, 0.25) is 0 Å². The second kappa shape index (κ2) is 4.28. The topological polar surface area (TPSA) is 98.1 Å². The van der Waals surface area contributed by atoms with Crippen LogP contribution in [0, 0.1) is 5.92 Å². The van der Waals surface area contributed by atoms with Gasteiger partial charge in [-0.25, -0.2) is 4.79 Å². The first-order valence-electron chi connectivity index (χ1n) is 4.39. The number of carboxylic acid groups (broad SMARTS) is 2. The van der Waals surface area contributed by atoms with Crippen LogP contribution in [-0.2, 0) is 4.79 Å². The van der Waals surface area contributed by atoms with E-state index in [2.05, 4.69) is 0 Å². The molecule has 1 heterocycles. The Kier molecular flexibility index (Phi) is 3.29. The number of aliphatic carboxylic acids is 1. The Balaban J connectivity index is 2.66. The van der Waals surface area contributed by atoms with Gasteiger partial charge in [-0.2, -0.15) is 0 Å². The third kappa shape index (κ3) is 2.14. The van der Waals surface area contributed by atoms with Gasteiger partial charge in [0.1, 0.15) is 0 Å². The number of nitrogens with zero attached hydrogens (tertiary/aromatic N) is 1. The molecule has 6 heteroatoms. The van der Waals surface area contributed by atoms with Crippen molar-refractivity contribution in [1.82, 2.24) is 4.90 Å². The molecule has 0 unspecified atom stereocenters. The van der Waals surface area contributed by atoms with Crippen molar-refractivity contribution in [2.24, 2.45) is 5.92 Å². The van der Waals surface area contributed by atoms with Crippen molar-refractivity contribution in [3.05, 3.63) is 0 Å². The summed E-state index contributed by atoms with van der Waals surface area (Å²) in [6, 6.07) is -0.455. The Morgan fingerprint density at radius 3 is 2.36 bits per heavy atom. The van der Waals surface area contributed by atoms with Gasteiger partial charge < -0.3 is 20.2 Å². The molecule has 1 aliphatic rings. The summed E-state index contributed by atoms with van der Waals surface area (Å²) in [5.74, 6) is -1.62. The normalized spacial score (nSPS) is 27.4. The largest absolute Gasteiger partial charge is 0.481 e. The Morgan fingerprint density at radius 1 is 1.29 bits per heavy atom. The Bertz CT molecular complexity index is 242. The zero-order valence-corrected chi connectivity index (χ0v) is 7.59. The van der Waals surface area contributed by atoms with E-state index >= 15 is 0 Å². The Hall–Kier alpha value is -1.30. The number of carboxylic acids is 1. The second-order valence-electron chi connectivity index (χ2n) is 3.38. The minimum Gasteiger partial charge on any atom is -0.481 e. The van der Waals surface area contributed by atoms with Gasteiger partial charge in [-0.1, -0.05) is 0 Å².